The van der Waals surface area contributed by atoms with Crippen molar-refractivity contribution < 1.29 is 38.3 Å². The number of hydrogen-bond acceptors (Lipinski definition) is 3. The van der Waals surface area contributed by atoms with E-state index < -0.39 is 11.1 Å². The van der Waals surface area contributed by atoms with E-state index in [2.05, 4.69) is 5.10 Å². The fourth-order valence-electron chi connectivity index (χ4n) is 2.25. The SMILES string of the molecule is Cc1cccc(-n2nc(Cl)cc2-c2ccc(S(=O)[O-])cc2)c1.[Na+]. The van der Waals surface area contributed by atoms with Crippen molar-refractivity contribution in [1.82, 2.24) is 9.78 Å². The Bertz CT molecular complexity index is 850. The van der Waals surface area contributed by atoms with Crippen molar-refractivity contribution in [3.05, 3.63) is 65.3 Å². The van der Waals surface area contributed by atoms with Crippen LogP contribution >= 0.6 is 11.6 Å². The molecule has 2 aromatic carbocycles. The minimum atomic E-state index is -2.23. The van der Waals surface area contributed by atoms with Crippen LogP contribution < -0.4 is 29.6 Å². The van der Waals surface area contributed by atoms with E-state index in [1.165, 1.54) is 0 Å². The molecule has 4 nitrogen and oxygen atoms in total. The van der Waals surface area contributed by atoms with E-state index in [9.17, 15) is 8.76 Å². The van der Waals surface area contributed by atoms with Gasteiger partial charge in [0.05, 0.1) is 11.4 Å². The van der Waals surface area contributed by atoms with Gasteiger partial charge in [-0.3, -0.25) is 4.21 Å². The number of nitrogens with zero attached hydrogens (tertiary/aromatic N) is 2. The monoisotopic (exact) mass is 354 g/mol. The molecule has 112 valence electrons. The molecule has 0 bridgehead atoms. The molecular weight excluding hydrogens is 343 g/mol. The number of halogens is 1. The summed E-state index contributed by atoms with van der Waals surface area (Å²) in [4.78, 5) is 0.247. The Morgan fingerprint density at radius 1 is 1.13 bits per heavy atom. The molecule has 7 heteroatoms. The summed E-state index contributed by atoms with van der Waals surface area (Å²) in [5.74, 6) is 0. The number of aryl methyl sites for hydroxylation is 1. The molecular formula is C16H12ClN2NaO2S. The average molecular weight is 355 g/mol. The molecule has 0 aliphatic carbocycles. The summed E-state index contributed by atoms with van der Waals surface area (Å²) in [6.07, 6.45) is 0. The van der Waals surface area contributed by atoms with Crippen molar-refractivity contribution in [2.75, 3.05) is 0 Å². The van der Waals surface area contributed by atoms with E-state index in [1.54, 1.807) is 35.0 Å². The number of aromatic nitrogens is 2. The van der Waals surface area contributed by atoms with Crippen molar-refractivity contribution in [3.63, 3.8) is 0 Å². The summed E-state index contributed by atoms with van der Waals surface area (Å²) < 4.78 is 23.6. The topological polar surface area (TPSA) is 58.0 Å². The molecule has 0 amide bonds. The Morgan fingerprint density at radius 2 is 1.83 bits per heavy atom. The van der Waals surface area contributed by atoms with E-state index in [4.69, 9.17) is 11.6 Å². The van der Waals surface area contributed by atoms with Crippen LogP contribution in [0.2, 0.25) is 5.15 Å². The quantitative estimate of drug-likeness (QED) is 0.515. The van der Waals surface area contributed by atoms with Gasteiger partial charge in [0.15, 0.2) is 5.15 Å². The third kappa shape index (κ3) is 4.12. The molecule has 3 rings (SSSR count). The zero-order chi connectivity index (χ0) is 15.7. The Hall–Kier alpha value is -0.950. The number of benzene rings is 2. The number of hydrogen-bond donors (Lipinski definition) is 0. The van der Waals surface area contributed by atoms with Gasteiger partial charge in [0.2, 0.25) is 0 Å². The summed E-state index contributed by atoms with van der Waals surface area (Å²) in [5, 5.41) is 4.70. The van der Waals surface area contributed by atoms with Crippen LogP contribution in [0.5, 0.6) is 0 Å². The first-order valence-electron chi connectivity index (χ1n) is 6.57. The molecule has 1 unspecified atom stereocenters. The summed E-state index contributed by atoms with van der Waals surface area (Å²) in [6, 6.07) is 16.3. The predicted molar refractivity (Wildman–Crippen MR) is 85.9 cm³/mol. The largest absolute Gasteiger partial charge is 1.00 e. The maximum absolute atomic E-state index is 10.9. The van der Waals surface area contributed by atoms with E-state index in [0.717, 1.165) is 22.5 Å². The van der Waals surface area contributed by atoms with Crippen molar-refractivity contribution in [2.24, 2.45) is 0 Å². The van der Waals surface area contributed by atoms with Crippen LogP contribution in [-0.4, -0.2) is 18.5 Å². The van der Waals surface area contributed by atoms with Gasteiger partial charge in [0, 0.05) is 16.5 Å². The molecule has 1 aromatic heterocycles. The van der Waals surface area contributed by atoms with Crippen LogP contribution in [-0.2, 0) is 11.1 Å². The molecule has 0 spiro atoms. The fraction of sp³-hybridized carbons (Fsp3) is 0.0625. The van der Waals surface area contributed by atoms with Gasteiger partial charge < -0.3 is 4.55 Å². The molecule has 1 atom stereocenters. The molecule has 23 heavy (non-hydrogen) atoms. The third-order valence-electron chi connectivity index (χ3n) is 3.27. The van der Waals surface area contributed by atoms with Gasteiger partial charge in [-0.25, -0.2) is 4.68 Å². The average Bonchev–Trinajstić information content (AvgIpc) is 2.89. The van der Waals surface area contributed by atoms with Gasteiger partial charge in [-0.1, -0.05) is 35.9 Å². The molecule has 1 heterocycles. The van der Waals surface area contributed by atoms with Crippen LogP contribution in [0.25, 0.3) is 16.9 Å². The number of rotatable bonds is 3. The Labute approximate surface area is 164 Å². The van der Waals surface area contributed by atoms with Crippen molar-refractivity contribution in [1.29, 1.82) is 0 Å². The molecule has 0 radical (unpaired) electrons. The summed E-state index contributed by atoms with van der Waals surface area (Å²) in [6.45, 7) is 2.01. The van der Waals surface area contributed by atoms with E-state index in [-0.39, 0.29) is 34.5 Å². The normalized spacial score (nSPS) is 11.8. The summed E-state index contributed by atoms with van der Waals surface area (Å²) in [7, 11) is 0. The first kappa shape index (κ1) is 18.4. The van der Waals surface area contributed by atoms with Crippen molar-refractivity contribution >= 4 is 22.7 Å². The molecule has 0 fully saturated rings. The zero-order valence-electron chi connectivity index (χ0n) is 12.7. The Morgan fingerprint density at radius 3 is 2.43 bits per heavy atom. The van der Waals surface area contributed by atoms with Crippen LogP contribution in [0, 0.1) is 6.92 Å². The van der Waals surface area contributed by atoms with Crippen molar-refractivity contribution in [2.45, 2.75) is 11.8 Å². The van der Waals surface area contributed by atoms with Crippen LogP contribution in [0.1, 0.15) is 5.56 Å². The van der Waals surface area contributed by atoms with Gasteiger partial charge in [-0.15, -0.1) is 0 Å². The van der Waals surface area contributed by atoms with Crippen LogP contribution in [0.15, 0.2) is 59.5 Å². The minimum absolute atomic E-state index is 0. The van der Waals surface area contributed by atoms with Crippen molar-refractivity contribution in [3.8, 4) is 16.9 Å². The van der Waals surface area contributed by atoms with Crippen LogP contribution in [0.4, 0.5) is 0 Å². The van der Waals surface area contributed by atoms with Gasteiger partial charge in [-0.2, -0.15) is 5.10 Å². The molecule has 0 saturated carbocycles. The smallest absolute Gasteiger partial charge is 0.768 e. The molecule has 0 saturated heterocycles. The second kappa shape index (κ2) is 7.75. The summed E-state index contributed by atoms with van der Waals surface area (Å²) >= 11 is 3.82. The van der Waals surface area contributed by atoms with Crippen LogP contribution in [0.3, 0.4) is 0 Å². The van der Waals surface area contributed by atoms with Gasteiger partial charge in [0.25, 0.3) is 0 Å². The molecule has 0 N–H and O–H groups in total. The molecule has 0 aliphatic rings. The first-order valence-corrected chi connectivity index (χ1v) is 8.02. The zero-order valence-corrected chi connectivity index (χ0v) is 16.3. The summed E-state index contributed by atoms with van der Waals surface area (Å²) in [5.41, 5.74) is 3.67. The third-order valence-corrected chi connectivity index (χ3v) is 4.11. The molecule has 0 aliphatic heterocycles. The van der Waals surface area contributed by atoms with Gasteiger partial charge in [-0.05, 0) is 47.8 Å². The van der Waals surface area contributed by atoms with E-state index in [0.29, 0.717) is 5.15 Å². The van der Waals surface area contributed by atoms with E-state index in [1.807, 2.05) is 31.2 Å². The van der Waals surface area contributed by atoms with Gasteiger partial charge >= 0.3 is 29.6 Å². The standard InChI is InChI=1S/C16H13ClN2O2S.Na/c1-11-3-2-4-13(9-11)19-15(10-16(17)18-19)12-5-7-14(8-6-12)22(20)21;/h2-10H,1H3,(H,20,21);/q;+1/p-1. The Balaban J connectivity index is 0.00000192. The Kier molecular flexibility index (Phi) is 6.19. The maximum atomic E-state index is 10.9. The minimum Gasteiger partial charge on any atom is -0.768 e. The maximum Gasteiger partial charge on any atom is 1.00 e. The van der Waals surface area contributed by atoms with Gasteiger partial charge in [0.1, 0.15) is 0 Å². The first-order chi connectivity index (χ1) is 10.5. The second-order valence-corrected chi connectivity index (χ2v) is 6.19. The fourth-order valence-corrected chi connectivity index (χ4v) is 2.79. The van der Waals surface area contributed by atoms with E-state index >= 15 is 0 Å². The second-order valence-electron chi connectivity index (χ2n) is 4.86. The molecule has 3 aromatic rings. The predicted octanol–water partition coefficient (Wildman–Crippen LogP) is 0.743.